The molecule has 3 atom stereocenters. The van der Waals surface area contributed by atoms with Gasteiger partial charge < -0.3 is 20.3 Å². The molecule has 3 amide bonds. The van der Waals surface area contributed by atoms with Crippen molar-refractivity contribution in [3.8, 4) is 0 Å². The summed E-state index contributed by atoms with van der Waals surface area (Å²) in [6.07, 6.45) is 2.57. The first-order valence-electron chi connectivity index (χ1n) is 15.4. The van der Waals surface area contributed by atoms with Crippen LogP contribution in [-0.4, -0.2) is 46.7 Å². The predicted molar refractivity (Wildman–Crippen MR) is 162 cm³/mol. The molecule has 11 heteroatoms. The molecule has 0 aromatic heterocycles. The molecule has 1 saturated heterocycles. The lowest BCUT2D eigenvalue weighted by Gasteiger charge is -2.26. The Hall–Kier alpha value is -4.67. The lowest BCUT2D eigenvalue weighted by molar-refractivity contribution is -0.149. The van der Waals surface area contributed by atoms with Crippen LogP contribution in [0.4, 0.5) is 13.2 Å². The molecule has 0 spiro atoms. The summed E-state index contributed by atoms with van der Waals surface area (Å²) >= 11 is 0. The van der Waals surface area contributed by atoms with Gasteiger partial charge in [-0.25, -0.2) is 18.0 Å². The Morgan fingerprint density at radius 1 is 0.870 bits per heavy atom. The van der Waals surface area contributed by atoms with Crippen molar-refractivity contribution < 1.29 is 37.1 Å². The van der Waals surface area contributed by atoms with Gasteiger partial charge in [-0.3, -0.25) is 14.4 Å². The molecule has 2 aliphatic rings. The fraction of sp³-hybridized carbons (Fsp3) is 0.371. The Balaban J connectivity index is 1.24. The van der Waals surface area contributed by atoms with Gasteiger partial charge in [0.05, 0.1) is 0 Å². The molecule has 3 aromatic carbocycles. The van der Waals surface area contributed by atoms with E-state index in [1.54, 1.807) is 0 Å². The third-order valence-electron chi connectivity index (χ3n) is 8.31. The molecule has 0 unspecified atom stereocenters. The average molecular weight is 636 g/mol. The van der Waals surface area contributed by atoms with Crippen LogP contribution in [-0.2, 0) is 43.5 Å². The van der Waals surface area contributed by atoms with Gasteiger partial charge in [0.15, 0.2) is 11.6 Å². The van der Waals surface area contributed by atoms with Crippen molar-refractivity contribution >= 4 is 23.7 Å². The van der Waals surface area contributed by atoms with Crippen LogP contribution in [0.2, 0.25) is 0 Å². The third kappa shape index (κ3) is 8.95. The second-order valence-electron chi connectivity index (χ2n) is 11.9. The SMILES string of the molecule is O=C(C[C@@H]1CCC(=O)N1Cc1cc(F)cc(F)c1F)N[C@@H](CC1CC1)C(=O)N[C@@H](Cc1ccccc1)C(=O)OCc1ccccc1. The Morgan fingerprint density at radius 3 is 2.22 bits per heavy atom. The van der Waals surface area contributed by atoms with Crippen molar-refractivity contribution in [3.05, 3.63) is 107 Å². The standard InChI is InChI=1S/C35H36F3N3O5/c36-26-17-25(33(38)28(37)18-26)20-41-27(13-14-32(41)43)19-31(42)39-29(15-23-11-12-23)34(44)40-30(16-22-7-3-1-4-8-22)35(45)46-21-24-9-5-2-6-10-24/h1-10,17-18,23,27,29-30H,11-16,19-21H2,(H,39,42)(H,40,44)/t27-,29-,30-/m0/s1. The number of carbonyl (C=O) groups is 4. The van der Waals surface area contributed by atoms with Crippen LogP contribution in [0.5, 0.6) is 0 Å². The number of nitrogens with one attached hydrogen (secondary N) is 2. The van der Waals surface area contributed by atoms with E-state index in [-0.39, 0.29) is 49.7 Å². The molecule has 1 saturated carbocycles. The molecule has 2 fully saturated rings. The highest BCUT2D eigenvalue weighted by atomic mass is 19.2. The first kappa shape index (κ1) is 32.7. The molecule has 46 heavy (non-hydrogen) atoms. The van der Waals surface area contributed by atoms with Crippen molar-refractivity contribution in [2.75, 3.05) is 0 Å². The minimum Gasteiger partial charge on any atom is -0.459 e. The van der Waals surface area contributed by atoms with Crippen molar-refractivity contribution in [1.29, 1.82) is 0 Å². The summed E-state index contributed by atoms with van der Waals surface area (Å²) in [7, 11) is 0. The molecular weight excluding hydrogens is 599 g/mol. The van der Waals surface area contributed by atoms with Crippen molar-refractivity contribution in [1.82, 2.24) is 15.5 Å². The van der Waals surface area contributed by atoms with Gasteiger partial charge >= 0.3 is 5.97 Å². The van der Waals surface area contributed by atoms with Gasteiger partial charge in [-0.2, -0.15) is 0 Å². The number of benzene rings is 3. The second kappa shape index (κ2) is 15.1. The fourth-order valence-corrected chi connectivity index (χ4v) is 5.66. The molecule has 1 aliphatic carbocycles. The average Bonchev–Trinajstić information content (AvgIpc) is 3.81. The van der Waals surface area contributed by atoms with E-state index in [1.807, 2.05) is 60.7 Å². The van der Waals surface area contributed by atoms with Gasteiger partial charge in [-0.15, -0.1) is 0 Å². The number of amides is 3. The van der Waals surface area contributed by atoms with Gasteiger partial charge in [-0.1, -0.05) is 73.5 Å². The largest absolute Gasteiger partial charge is 0.459 e. The van der Waals surface area contributed by atoms with Crippen LogP contribution in [0.1, 0.15) is 55.2 Å². The molecule has 0 radical (unpaired) electrons. The van der Waals surface area contributed by atoms with E-state index < -0.39 is 59.9 Å². The summed E-state index contributed by atoms with van der Waals surface area (Å²) in [4.78, 5) is 53.9. The number of esters is 1. The minimum atomic E-state index is -1.36. The van der Waals surface area contributed by atoms with Gasteiger partial charge in [0.1, 0.15) is 24.5 Å². The quantitative estimate of drug-likeness (QED) is 0.197. The van der Waals surface area contributed by atoms with E-state index in [1.165, 1.54) is 4.90 Å². The number of hydrogen-bond donors (Lipinski definition) is 2. The Bertz CT molecular complexity index is 1550. The lowest BCUT2D eigenvalue weighted by atomic mass is 10.0. The summed E-state index contributed by atoms with van der Waals surface area (Å²) in [5, 5.41) is 5.57. The molecule has 3 aromatic rings. The van der Waals surface area contributed by atoms with E-state index in [9.17, 15) is 32.3 Å². The van der Waals surface area contributed by atoms with Crippen LogP contribution in [0, 0.1) is 23.4 Å². The molecule has 1 heterocycles. The summed E-state index contributed by atoms with van der Waals surface area (Å²) in [6, 6.07) is 17.0. The van der Waals surface area contributed by atoms with Crippen molar-refractivity contribution in [3.63, 3.8) is 0 Å². The van der Waals surface area contributed by atoms with E-state index in [2.05, 4.69) is 10.6 Å². The minimum absolute atomic E-state index is 0.0336. The predicted octanol–water partition coefficient (Wildman–Crippen LogP) is 4.74. The summed E-state index contributed by atoms with van der Waals surface area (Å²) in [5.41, 5.74) is 1.28. The number of halogens is 3. The van der Waals surface area contributed by atoms with Gasteiger partial charge in [0.2, 0.25) is 17.7 Å². The number of likely N-dealkylation sites (tertiary alicyclic amines) is 1. The number of hydrogen-bond acceptors (Lipinski definition) is 5. The van der Waals surface area contributed by atoms with E-state index >= 15 is 0 Å². The maximum Gasteiger partial charge on any atom is 0.329 e. The maximum absolute atomic E-state index is 14.3. The number of rotatable bonds is 14. The molecule has 1 aliphatic heterocycles. The Kier molecular flexibility index (Phi) is 10.7. The number of carbonyl (C=O) groups excluding carboxylic acids is 4. The van der Waals surface area contributed by atoms with Crippen LogP contribution in [0.25, 0.3) is 0 Å². The monoisotopic (exact) mass is 635 g/mol. The Morgan fingerprint density at radius 2 is 1.54 bits per heavy atom. The van der Waals surface area contributed by atoms with Crippen LogP contribution in [0.3, 0.4) is 0 Å². The van der Waals surface area contributed by atoms with Gasteiger partial charge in [0, 0.05) is 43.5 Å². The second-order valence-corrected chi connectivity index (χ2v) is 11.9. The Labute approximate surface area is 265 Å². The van der Waals surface area contributed by atoms with Crippen LogP contribution in [0.15, 0.2) is 72.8 Å². The van der Waals surface area contributed by atoms with Gasteiger partial charge in [-0.05, 0) is 36.0 Å². The molecule has 2 N–H and O–H groups in total. The summed E-state index contributed by atoms with van der Waals surface area (Å²) in [5.74, 6) is -5.37. The smallest absolute Gasteiger partial charge is 0.329 e. The van der Waals surface area contributed by atoms with Gasteiger partial charge in [0.25, 0.3) is 0 Å². The van der Waals surface area contributed by atoms with Crippen LogP contribution < -0.4 is 10.6 Å². The molecular formula is C35H36F3N3O5. The first-order valence-corrected chi connectivity index (χ1v) is 15.4. The zero-order chi connectivity index (χ0) is 32.6. The molecule has 242 valence electrons. The molecule has 8 nitrogen and oxygen atoms in total. The lowest BCUT2D eigenvalue weighted by Crippen LogP contribution is -2.53. The fourth-order valence-electron chi connectivity index (χ4n) is 5.66. The maximum atomic E-state index is 14.3. The zero-order valence-electron chi connectivity index (χ0n) is 25.2. The number of ether oxygens (including phenoxy) is 1. The van der Waals surface area contributed by atoms with Crippen molar-refractivity contribution in [2.24, 2.45) is 5.92 Å². The summed E-state index contributed by atoms with van der Waals surface area (Å²) < 4.78 is 47.4. The first-order chi connectivity index (χ1) is 22.2. The number of nitrogens with zero attached hydrogens (tertiary/aromatic N) is 1. The third-order valence-corrected chi connectivity index (χ3v) is 8.31. The van der Waals surface area contributed by atoms with Crippen molar-refractivity contribution in [2.45, 2.75) is 76.2 Å². The van der Waals surface area contributed by atoms with E-state index in [0.717, 1.165) is 30.0 Å². The highest BCUT2D eigenvalue weighted by molar-refractivity contribution is 5.91. The highest BCUT2D eigenvalue weighted by Gasteiger charge is 2.36. The molecule has 0 bridgehead atoms. The topological polar surface area (TPSA) is 105 Å². The summed E-state index contributed by atoms with van der Waals surface area (Å²) in [6.45, 7) is -0.360. The zero-order valence-corrected chi connectivity index (χ0v) is 25.2. The van der Waals surface area contributed by atoms with E-state index in [0.29, 0.717) is 12.5 Å². The molecule has 5 rings (SSSR count). The highest BCUT2D eigenvalue weighted by Crippen LogP contribution is 2.34. The normalized spacial score (nSPS) is 17.3. The van der Waals surface area contributed by atoms with Crippen LogP contribution >= 0.6 is 0 Å². The van der Waals surface area contributed by atoms with E-state index in [4.69, 9.17) is 4.74 Å².